The summed E-state index contributed by atoms with van der Waals surface area (Å²) in [5.41, 5.74) is 0.240. The van der Waals surface area contributed by atoms with Gasteiger partial charge in [-0.1, -0.05) is 0 Å². The van der Waals surface area contributed by atoms with Crippen molar-refractivity contribution >= 4 is 17.3 Å². The summed E-state index contributed by atoms with van der Waals surface area (Å²) in [4.78, 5) is 23.0. The highest BCUT2D eigenvalue weighted by Gasteiger charge is 2.16. The molecule has 0 saturated carbocycles. The minimum absolute atomic E-state index is 0.0104. The number of nitriles is 1. The molecule has 0 aliphatic rings. The Bertz CT molecular complexity index is 536. The second-order valence-electron chi connectivity index (χ2n) is 3.73. The van der Waals surface area contributed by atoms with Crippen molar-refractivity contribution in [1.82, 2.24) is 0 Å². The number of hydrogen-bond acceptors (Lipinski definition) is 6. The Balaban J connectivity index is 2.94. The molecule has 0 aliphatic heterocycles. The normalized spacial score (nSPS) is 9.53. The smallest absolute Gasteiger partial charge is 0.325 e. The summed E-state index contributed by atoms with van der Waals surface area (Å²) in [7, 11) is 1.64. The fourth-order valence-electron chi connectivity index (χ4n) is 1.50. The molecular formula is C12H13N3O4. The van der Waals surface area contributed by atoms with Crippen LogP contribution in [0.5, 0.6) is 0 Å². The number of anilines is 1. The van der Waals surface area contributed by atoms with E-state index in [2.05, 4.69) is 0 Å². The summed E-state index contributed by atoms with van der Waals surface area (Å²) >= 11 is 0. The molecule has 0 amide bonds. The number of carbonyl (C=O) groups excluding carboxylic acids is 1. The zero-order chi connectivity index (χ0) is 14.4. The zero-order valence-electron chi connectivity index (χ0n) is 10.6. The molecule has 0 aliphatic carbocycles. The van der Waals surface area contributed by atoms with Gasteiger partial charge in [0.25, 0.3) is 5.69 Å². The Morgan fingerprint density at radius 3 is 2.79 bits per heavy atom. The third kappa shape index (κ3) is 3.67. The highest BCUT2D eigenvalue weighted by atomic mass is 16.6. The van der Waals surface area contributed by atoms with Crippen molar-refractivity contribution in [2.75, 3.05) is 25.1 Å². The van der Waals surface area contributed by atoms with Gasteiger partial charge in [-0.25, -0.2) is 0 Å². The van der Waals surface area contributed by atoms with Gasteiger partial charge >= 0.3 is 5.97 Å². The van der Waals surface area contributed by atoms with Crippen molar-refractivity contribution in [3.8, 4) is 6.07 Å². The molecule has 1 aromatic carbocycles. The molecule has 0 bridgehead atoms. The van der Waals surface area contributed by atoms with Crippen LogP contribution in [0.4, 0.5) is 11.4 Å². The van der Waals surface area contributed by atoms with Crippen LogP contribution in [-0.4, -0.2) is 31.1 Å². The van der Waals surface area contributed by atoms with Crippen molar-refractivity contribution in [2.45, 2.75) is 6.92 Å². The fraction of sp³-hybridized carbons (Fsp3) is 0.333. The van der Waals surface area contributed by atoms with Crippen LogP contribution in [0.2, 0.25) is 0 Å². The maximum atomic E-state index is 11.3. The van der Waals surface area contributed by atoms with E-state index in [1.165, 1.54) is 18.2 Å². The Morgan fingerprint density at radius 2 is 2.26 bits per heavy atom. The topological polar surface area (TPSA) is 96.5 Å². The van der Waals surface area contributed by atoms with Gasteiger partial charge in [0.05, 0.1) is 11.5 Å². The average molecular weight is 263 g/mol. The number of nitro groups is 1. The van der Waals surface area contributed by atoms with Crippen molar-refractivity contribution < 1.29 is 14.5 Å². The van der Waals surface area contributed by atoms with Gasteiger partial charge < -0.3 is 9.64 Å². The lowest BCUT2D eigenvalue weighted by molar-refractivity contribution is -0.385. The summed E-state index contributed by atoms with van der Waals surface area (Å²) in [6, 6.07) is 5.87. The van der Waals surface area contributed by atoms with Gasteiger partial charge in [0.2, 0.25) is 0 Å². The van der Waals surface area contributed by atoms with Crippen molar-refractivity contribution in [3.63, 3.8) is 0 Å². The van der Waals surface area contributed by atoms with Crippen molar-refractivity contribution in [1.29, 1.82) is 5.26 Å². The van der Waals surface area contributed by atoms with E-state index in [0.29, 0.717) is 5.69 Å². The van der Waals surface area contributed by atoms with Gasteiger partial charge in [-0.15, -0.1) is 0 Å². The molecule has 19 heavy (non-hydrogen) atoms. The van der Waals surface area contributed by atoms with Crippen LogP contribution in [-0.2, 0) is 9.53 Å². The van der Waals surface area contributed by atoms with Crippen molar-refractivity contribution in [3.05, 3.63) is 33.9 Å². The maximum Gasteiger partial charge on any atom is 0.325 e. The summed E-state index contributed by atoms with van der Waals surface area (Å²) in [5, 5.41) is 19.6. The van der Waals surface area contributed by atoms with Gasteiger partial charge in [0.15, 0.2) is 0 Å². The number of benzene rings is 1. The maximum absolute atomic E-state index is 11.3. The van der Waals surface area contributed by atoms with E-state index >= 15 is 0 Å². The Labute approximate surface area is 110 Å². The third-order valence-electron chi connectivity index (χ3n) is 2.41. The first-order valence-electron chi connectivity index (χ1n) is 5.55. The number of likely N-dealkylation sites (N-methyl/N-ethyl adjacent to an activating group) is 1. The van der Waals surface area contributed by atoms with Crippen LogP contribution in [0, 0.1) is 21.4 Å². The lowest BCUT2D eigenvalue weighted by Crippen LogP contribution is -2.27. The molecule has 0 unspecified atom stereocenters. The number of carbonyl (C=O) groups is 1. The minimum Gasteiger partial charge on any atom is -0.465 e. The van der Waals surface area contributed by atoms with E-state index in [4.69, 9.17) is 10.00 Å². The molecule has 0 saturated heterocycles. The van der Waals surface area contributed by atoms with Gasteiger partial charge in [-0.2, -0.15) is 5.26 Å². The predicted molar refractivity (Wildman–Crippen MR) is 67.7 cm³/mol. The van der Waals surface area contributed by atoms with Gasteiger partial charge in [0.1, 0.15) is 18.2 Å². The Kier molecular flexibility index (Phi) is 4.83. The van der Waals surface area contributed by atoms with Crippen LogP contribution in [0.25, 0.3) is 0 Å². The third-order valence-corrected chi connectivity index (χ3v) is 2.41. The molecule has 0 N–H and O–H groups in total. The second kappa shape index (κ2) is 6.35. The quantitative estimate of drug-likeness (QED) is 0.453. The first-order valence-corrected chi connectivity index (χ1v) is 5.55. The first-order chi connectivity index (χ1) is 8.99. The second-order valence-corrected chi connectivity index (χ2v) is 3.73. The standard InChI is InChI=1S/C12H13N3O4/c1-3-19-12(16)8-14(2)10-4-5-11(15(17)18)9(6-10)7-13/h4-6H,3,8H2,1-2H3. The van der Waals surface area contributed by atoms with Crippen LogP contribution >= 0.6 is 0 Å². The number of nitrogens with zero attached hydrogens (tertiary/aromatic N) is 3. The summed E-state index contributed by atoms with van der Waals surface area (Å²) in [6.07, 6.45) is 0. The van der Waals surface area contributed by atoms with Gasteiger partial charge in [-0.3, -0.25) is 14.9 Å². The highest BCUT2D eigenvalue weighted by molar-refractivity contribution is 5.76. The van der Waals surface area contributed by atoms with Crippen LogP contribution in [0.3, 0.4) is 0 Å². The van der Waals surface area contributed by atoms with Crippen LogP contribution < -0.4 is 4.90 Å². The summed E-state index contributed by atoms with van der Waals surface area (Å²) < 4.78 is 4.80. The van der Waals surface area contributed by atoms with E-state index in [9.17, 15) is 14.9 Å². The van der Waals surface area contributed by atoms with E-state index in [1.807, 2.05) is 0 Å². The van der Waals surface area contributed by atoms with Gasteiger partial charge in [-0.05, 0) is 19.1 Å². The number of nitro benzene ring substituents is 1. The van der Waals surface area contributed by atoms with Crippen LogP contribution in [0.1, 0.15) is 12.5 Å². The van der Waals surface area contributed by atoms with E-state index in [1.54, 1.807) is 24.9 Å². The molecule has 0 atom stereocenters. The number of ether oxygens (including phenoxy) is 1. The monoisotopic (exact) mass is 263 g/mol. The molecule has 1 aromatic rings. The molecule has 0 aromatic heterocycles. The SMILES string of the molecule is CCOC(=O)CN(C)c1ccc([N+](=O)[O-])c(C#N)c1. The fourth-order valence-corrected chi connectivity index (χ4v) is 1.50. The Morgan fingerprint density at radius 1 is 1.58 bits per heavy atom. The number of rotatable bonds is 5. The number of esters is 1. The molecule has 0 spiro atoms. The molecule has 100 valence electrons. The van der Waals surface area contributed by atoms with Gasteiger partial charge in [0, 0.05) is 18.8 Å². The number of hydrogen-bond donors (Lipinski definition) is 0. The Hall–Kier alpha value is -2.62. The molecule has 7 nitrogen and oxygen atoms in total. The highest BCUT2D eigenvalue weighted by Crippen LogP contribution is 2.23. The van der Waals surface area contributed by atoms with E-state index in [-0.39, 0.29) is 24.4 Å². The summed E-state index contributed by atoms with van der Waals surface area (Å²) in [6.45, 7) is 2.00. The lowest BCUT2D eigenvalue weighted by atomic mass is 10.1. The average Bonchev–Trinajstić information content (AvgIpc) is 2.37. The van der Waals surface area contributed by atoms with E-state index in [0.717, 1.165) is 0 Å². The molecule has 1 rings (SSSR count). The van der Waals surface area contributed by atoms with Crippen molar-refractivity contribution in [2.24, 2.45) is 0 Å². The molecule has 7 heteroatoms. The minimum atomic E-state index is -0.617. The molecular weight excluding hydrogens is 250 g/mol. The molecule has 0 radical (unpaired) electrons. The molecule has 0 heterocycles. The molecule has 0 fully saturated rings. The summed E-state index contributed by atoms with van der Waals surface area (Å²) in [5.74, 6) is -0.401. The zero-order valence-corrected chi connectivity index (χ0v) is 10.6. The largest absolute Gasteiger partial charge is 0.465 e. The lowest BCUT2D eigenvalue weighted by Gasteiger charge is -2.18. The first kappa shape index (κ1) is 14.4. The van der Waals surface area contributed by atoms with E-state index < -0.39 is 10.9 Å². The van der Waals surface area contributed by atoms with Crippen LogP contribution in [0.15, 0.2) is 18.2 Å². The predicted octanol–water partition coefficient (Wildman–Crippen LogP) is 1.47.